The normalized spacial score (nSPS) is 14.9. The Bertz CT molecular complexity index is 677. The van der Waals surface area contributed by atoms with E-state index in [9.17, 15) is 4.79 Å². The average molecular weight is 315 g/mol. The van der Waals surface area contributed by atoms with Gasteiger partial charge >= 0.3 is 0 Å². The fourth-order valence-corrected chi connectivity index (χ4v) is 3.79. The van der Waals surface area contributed by atoms with E-state index >= 15 is 0 Å². The van der Waals surface area contributed by atoms with Crippen LogP contribution in [-0.2, 0) is 19.3 Å². The van der Waals surface area contributed by atoms with Gasteiger partial charge in [-0.25, -0.2) is 0 Å². The maximum absolute atomic E-state index is 12.0. The predicted molar refractivity (Wildman–Crippen MR) is 85.2 cm³/mol. The Balaban J connectivity index is 1.50. The molecule has 1 aromatic carbocycles. The predicted octanol–water partition coefficient (Wildman–Crippen LogP) is 2.59. The second-order valence-corrected chi connectivity index (χ2v) is 6.45. The van der Waals surface area contributed by atoms with E-state index in [1.54, 1.807) is 0 Å². The van der Waals surface area contributed by atoms with E-state index in [0.29, 0.717) is 6.54 Å². The van der Waals surface area contributed by atoms with Crippen molar-refractivity contribution in [2.75, 3.05) is 19.8 Å². The molecule has 2 aliphatic heterocycles. The van der Waals surface area contributed by atoms with Gasteiger partial charge in [-0.15, -0.1) is 11.3 Å². The molecule has 0 unspecified atom stereocenters. The minimum absolute atomic E-state index is 0.00334. The van der Waals surface area contributed by atoms with E-state index in [4.69, 9.17) is 9.47 Å². The second kappa shape index (κ2) is 5.65. The standard InChI is InChI=1S/C17H17NO3S/c19-17(15-2-1-9-22-15)18-6-3-13-12-5-8-20-14(12)10-11-4-7-21-16(11)13/h1-2,9-10H,3-8H2,(H,18,19). The molecule has 22 heavy (non-hydrogen) atoms. The average Bonchev–Trinajstić information content (AvgIpc) is 3.26. The summed E-state index contributed by atoms with van der Waals surface area (Å²) in [6, 6.07) is 5.86. The van der Waals surface area contributed by atoms with Crippen LogP contribution >= 0.6 is 11.3 Å². The van der Waals surface area contributed by atoms with E-state index in [-0.39, 0.29) is 5.91 Å². The van der Waals surface area contributed by atoms with Gasteiger partial charge in [-0.1, -0.05) is 6.07 Å². The van der Waals surface area contributed by atoms with Crippen LogP contribution in [0.4, 0.5) is 0 Å². The molecule has 0 radical (unpaired) electrons. The maximum Gasteiger partial charge on any atom is 0.261 e. The zero-order chi connectivity index (χ0) is 14.9. The highest BCUT2D eigenvalue weighted by Gasteiger charge is 2.26. The summed E-state index contributed by atoms with van der Waals surface area (Å²) in [4.78, 5) is 12.8. The van der Waals surface area contributed by atoms with E-state index in [1.807, 2.05) is 17.5 Å². The summed E-state index contributed by atoms with van der Waals surface area (Å²) in [6.07, 6.45) is 2.66. The Hall–Kier alpha value is -2.01. The summed E-state index contributed by atoms with van der Waals surface area (Å²) >= 11 is 1.46. The molecular weight excluding hydrogens is 298 g/mol. The van der Waals surface area contributed by atoms with Crippen LogP contribution in [0.1, 0.15) is 26.4 Å². The molecule has 4 rings (SSSR count). The number of hydrogen-bond donors (Lipinski definition) is 1. The third-order valence-electron chi connectivity index (χ3n) is 4.17. The van der Waals surface area contributed by atoms with Gasteiger partial charge in [0, 0.05) is 36.1 Å². The van der Waals surface area contributed by atoms with Gasteiger partial charge in [0.25, 0.3) is 5.91 Å². The van der Waals surface area contributed by atoms with E-state index in [0.717, 1.165) is 48.9 Å². The molecule has 1 aromatic heterocycles. The van der Waals surface area contributed by atoms with Crippen molar-refractivity contribution in [2.24, 2.45) is 0 Å². The van der Waals surface area contributed by atoms with E-state index in [1.165, 1.54) is 28.0 Å². The van der Waals surface area contributed by atoms with Crippen LogP contribution < -0.4 is 14.8 Å². The molecule has 0 saturated carbocycles. The highest BCUT2D eigenvalue weighted by Crippen LogP contribution is 2.40. The zero-order valence-corrected chi connectivity index (χ0v) is 13.0. The summed E-state index contributed by atoms with van der Waals surface area (Å²) in [6.45, 7) is 2.10. The van der Waals surface area contributed by atoms with Crippen LogP contribution in [0.2, 0.25) is 0 Å². The van der Waals surface area contributed by atoms with E-state index in [2.05, 4.69) is 11.4 Å². The lowest BCUT2D eigenvalue weighted by molar-refractivity contribution is 0.0958. The molecule has 1 amide bonds. The molecule has 0 aliphatic carbocycles. The van der Waals surface area contributed by atoms with Crippen LogP contribution in [0, 0.1) is 0 Å². The molecule has 0 fully saturated rings. The van der Waals surface area contributed by atoms with Crippen LogP contribution in [0.3, 0.4) is 0 Å². The summed E-state index contributed by atoms with van der Waals surface area (Å²) in [5.41, 5.74) is 3.71. The number of benzene rings is 1. The molecule has 2 aliphatic rings. The number of thiophene rings is 1. The van der Waals surface area contributed by atoms with Gasteiger partial charge in [-0.05, 0) is 23.9 Å². The quantitative estimate of drug-likeness (QED) is 0.943. The number of carbonyl (C=O) groups is 1. The van der Waals surface area contributed by atoms with Gasteiger partial charge in [0.2, 0.25) is 0 Å². The lowest BCUT2D eigenvalue weighted by Gasteiger charge is -2.13. The summed E-state index contributed by atoms with van der Waals surface area (Å²) in [5, 5.41) is 4.90. The monoisotopic (exact) mass is 315 g/mol. The third-order valence-corrected chi connectivity index (χ3v) is 5.03. The van der Waals surface area contributed by atoms with Crippen LogP contribution in [0.5, 0.6) is 11.5 Å². The Labute approximate surface area is 133 Å². The fraction of sp³-hybridized carbons (Fsp3) is 0.353. The van der Waals surface area contributed by atoms with Gasteiger partial charge in [0.1, 0.15) is 11.5 Å². The smallest absolute Gasteiger partial charge is 0.261 e. The van der Waals surface area contributed by atoms with Crippen molar-refractivity contribution < 1.29 is 14.3 Å². The molecule has 0 bridgehead atoms. The first-order valence-corrected chi connectivity index (χ1v) is 8.46. The first kappa shape index (κ1) is 13.6. The van der Waals surface area contributed by atoms with E-state index < -0.39 is 0 Å². The maximum atomic E-state index is 12.0. The Morgan fingerprint density at radius 1 is 1.27 bits per heavy atom. The molecule has 4 nitrogen and oxygen atoms in total. The third kappa shape index (κ3) is 2.35. The van der Waals surface area contributed by atoms with Crippen molar-refractivity contribution in [3.63, 3.8) is 0 Å². The molecule has 5 heteroatoms. The van der Waals surface area contributed by atoms with Crippen LogP contribution in [-0.4, -0.2) is 25.7 Å². The molecule has 0 atom stereocenters. The number of amides is 1. The van der Waals surface area contributed by atoms with Crippen LogP contribution in [0.25, 0.3) is 0 Å². The van der Waals surface area contributed by atoms with Crippen molar-refractivity contribution in [3.05, 3.63) is 45.1 Å². The molecule has 114 valence electrons. The summed E-state index contributed by atoms with van der Waals surface area (Å²) < 4.78 is 11.5. The SMILES string of the molecule is O=C(NCCc1c2c(cc3c1OCC3)OCC2)c1cccs1. The zero-order valence-electron chi connectivity index (χ0n) is 12.2. The highest BCUT2D eigenvalue weighted by molar-refractivity contribution is 7.12. The topological polar surface area (TPSA) is 47.6 Å². The van der Waals surface area contributed by atoms with Gasteiger partial charge in [0.05, 0.1) is 18.1 Å². The Morgan fingerprint density at radius 2 is 2.18 bits per heavy atom. The van der Waals surface area contributed by atoms with Gasteiger partial charge in [0.15, 0.2) is 0 Å². The van der Waals surface area contributed by atoms with Gasteiger partial charge in [-0.3, -0.25) is 4.79 Å². The lowest BCUT2D eigenvalue weighted by atomic mass is 9.97. The minimum atomic E-state index is -0.00334. The van der Waals surface area contributed by atoms with Crippen molar-refractivity contribution in [1.82, 2.24) is 5.32 Å². The van der Waals surface area contributed by atoms with Crippen molar-refractivity contribution >= 4 is 17.2 Å². The second-order valence-electron chi connectivity index (χ2n) is 5.50. The Morgan fingerprint density at radius 3 is 3.05 bits per heavy atom. The first-order valence-electron chi connectivity index (χ1n) is 7.58. The number of nitrogens with one attached hydrogen (secondary N) is 1. The lowest BCUT2D eigenvalue weighted by Crippen LogP contribution is -2.25. The molecule has 0 saturated heterocycles. The van der Waals surface area contributed by atoms with Crippen molar-refractivity contribution in [3.8, 4) is 11.5 Å². The summed E-state index contributed by atoms with van der Waals surface area (Å²) in [7, 11) is 0. The first-order chi connectivity index (χ1) is 10.8. The molecule has 3 heterocycles. The molecule has 0 spiro atoms. The number of rotatable bonds is 4. The van der Waals surface area contributed by atoms with Gasteiger partial charge < -0.3 is 14.8 Å². The largest absolute Gasteiger partial charge is 0.493 e. The minimum Gasteiger partial charge on any atom is -0.493 e. The summed E-state index contributed by atoms with van der Waals surface area (Å²) in [5.74, 6) is 2.02. The van der Waals surface area contributed by atoms with Crippen LogP contribution in [0.15, 0.2) is 23.6 Å². The molecule has 1 N–H and O–H groups in total. The number of ether oxygens (including phenoxy) is 2. The number of carbonyl (C=O) groups excluding carboxylic acids is 1. The Kier molecular flexibility index (Phi) is 3.50. The molecular formula is C17H17NO3S. The number of hydrogen-bond acceptors (Lipinski definition) is 4. The molecule has 2 aromatic rings. The van der Waals surface area contributed by atoms with Crippen molar-refractivity contribution in [1.29, 1.82) is 0 Å². The van der Waals surface area contributed by atoms with Gasteiger partial charge in [-0.2, -0.15) is 0 Å². The highest BCUT2D eigenvalue weighted by atomic mass is 32.1. The fourth-order valence-electron chi connectivity index (χ4n) is 3.15. The number of fused-ring (bicyclic) bond motifs is 2. The van der Waals surface area contributed by atoms with Crippen molar-refractivity contribution in [2.45, 2.75) is 19.3 Å².